The number of likely N-dealkylation sites (N-methyl/N-ethyl adjacent to an activating group) is 1. The molecule has 0 spiro atoms. The van der Waals surface area contributed by atoms with E-state index in [4.69, 9.17) is 0 Å². The number of piperazine rings is 1. The molecule has 1 fully saturated rings. The van der Waals surface area contributed by atoms with Crippen molar-refractivity contribution in [2.75, 3.05) is 38.0 Å². The van der Waals surface area contributed by atoms with Gasteiger partial charge in [0.2, 0.25) is 11.8 Å². The number of anilines is 1. The number of aryl methyl sites for hydroxylation is 1. The van der Waals surface area contributed by atoms with Crippen molar-refractivity contribution in [2.24, 2.45) is 5.41 Å². The van der Waals surface area contributed by atoms with Gasteiger partial charge in [0.1, 0.15) is 5.41 Å². The van der Waals surface area contributed by atoms with Crippen LogP contribution in [0.2, 0.25) is 0 Å². The molecule has 5 nitrogen and oxygen atoms in total. The first-order valence-electron chi connectivity index (χ1n) is 8.35. The zero-order chi connectivity index (χ0) is 17.9. The largest absolute Gasteiger partial charge is 0.339 e. The first kappa shape index (κ1) is 18.9. The molecule has 132 valence electrons. The molecular weight excluding hydrogens is 370 g/mol. The van der Waals surface area contributed by atoms with Gasteiger partial charge in [0.25, 0.3) is 0 Å². The number of benzene rings is 1. The van der Waals surface area contributed by atoms with Gasteiger partial charge in [-0.1, -0.05) is 28.9 Å². The van der Waals surface area contributed by atoms with Gasteiger partial charge in [0, 0.05) is 36.3 Å². The summed E-state index contributed by atoms with van der Waals surface area (Å²) in [5.41, 5.74) is 0.692. The molecule has 0 atom stereocenters. The van der Waals surface area contributed by atoms with E-state index in [0.29, 0.717) is 18.8 Å². The number of carbonyl (C=O) groups excluding carboxylic acids is 2. The monoisotopic (exact) mass is 395 g/mol. The summed E-state index contributed by atoms with van der Waals surface area (Å²) < 4.78 is 0.931. The van der Waals surface area contributed by atoms with E-state index in [1.165, 1.54) is 0 Å². The minimum atomic E-state index is -1.09. The van der Waals surface area contributed by atoms with E-state index in [-0.39, 0.29) is 11.8 Å². The van der Waals surface area contributed by atoms with Crippen LogP contribution in [-0.2, 0) is 9.59 Å². The number of carbonyl (C=O) groups is 2. The number of hydrogen-bond donors (Lipinski definition) is 1. The van der Waals surface area contributed by atoms with Gasteiger partial charge < -0.3 is 15.1 Å². The highest BCUT2D eigenvalue weighted by Gasteiger charge is 2.40. The minimum absolute atomic E-state index is 0.109. The van der Waals surface area contributed by atoms with Crippen molar-refractivity contribution in [1.82, 2.24) is 9.80 Å². The van der Waals surface area contributed by atoms with Crippen molar-refractivity contribution in [1.29, 1.82) is 0 Å². The number of rotatable bonds is 4. The molecule has 0 aromatic heterocycles. The van der Waals surface area contributed by atoms with E-state index in [1.807, 2.05) is 25.1 Å². The molecule has 1 heterocycles. The summed E-state index contributed by atoms with van der Waals surface area (Å²) >= 11 is 3.46. The molecule has 6 heteroatoms. The Hall–Kier alpha value is -1.40. The van der Waals surface area contributed by atoms with Crippen LogP contribution in [0.1, 0.15) is 26.3 Å². The highest BCUT2D eigenvalue weighted by atomic mass is 79.9. The lowest BCUT2D eigenvalue weighted by atomic mass is 9.89. The standard InChI is InChI=1S/C18H26BrN3O2/c1-5-21-8-10-22(11-9-21)17(24)18(3,4)16(23)20-14-7-6-13(2)15(19)12-14/h6-7,12H,5,8-11H2,1-4H3,(H,20,23). The number of halogens is 1. The second kappa shape index (κ2) is 7.66. The summed E-state index contributed by atoms with van der Waals surface area (Å²) in [6.45, 7) is 11.6. The molecule has 0 unspecified atom stereocenters. The van der Waals surface area contributed by atoms with Crippen LogP contribution in [0.3, 0.4) is 0 Å². The van der Waals surface area contributed by atoms with Crippen LogP contribution in [-0.4, -0.2) is 54.3 Å². The van der Waals surface area contributed by atoms with Crippen LogP contribution in [0.25, 0.3) is 0 Å². The van der Waals surface area contributed by atoms with Crippen LogP contribution in [0.5, 0.6) is 0 Å². The summed E-state index contributed by atoms with van der Waals surface area (Å²) in [5.74, 6) is -0.386. The quantitative estimate of drug-likeness (QED) is 0.797. The Morgan fingerprint density at radius 2 is 1.83 bits per heavy atom. The van der Waals surface area contributed by atoms with Gasteiger partial charge in [-0.3, -0.25) is 9.59 Å². The molecule has 1 aliphatic rings. The summed E-state index contributed by atoms with van der Waals surface area (Å²) in [6.07, 6.45) is 0. The number of nitrogens with one attached hydrogen (secondary N) is 1. The van der Waals surface area contributed by atoms with Gasteiger partial charge >= 0.3 is 0 Å². The lowest BCUT2D eigenvalue weighted by Gasteiger charge is -2.37. The average molecular weight is 396 g/mol. The van der Waals surface area contributed by atoms with Crippen molar-refractivity contribution >= 4 is 33.4 Å². The summed E-state index contributed by atoms with van der Waals surface area (Å²) in [5, 5.41) is 2.86. The average Bonchev–Trinajstić information content (AvgIpc) is 2.57. The Morgan fingerprint density at radius 3 is 2.38 bits per heavy atom. The summed E-state index contributed by atoms with van der Waals surface area (Å²) in [4.78, 5) is 29.6. The van der Waals surface area contributed by atoms with Gasteiger partial charge in [-0.2, -0.15) is 0 Å². The van der Waals surface area contributed by atoms with E-state index in [9.17, 15) is 9.59 Å². The maximum atomic E-state index is 12.8. The van der Waals surface area contributed by atoms with E-state index < -0.39 is 5.41 Å². The fraction of sp³-hybridized carbons (Fsp3) is 0.556. The molecule has 0 saturated carbocycles. The molecule has 1 aromatic rings. The fourth-order valence-corrected chi connectivity index (χ4v) is 3.10. The number of amides is 2. The maximum absolute atomic E-state index is 12.8. The minimum Gasteiger partial charge on any atom is -0.339 e. The molecule has 1 saturated heterocycles. The molecule has 1 N–H and O–H groups in total. The predicted octanol–water partition coefficient (Wildman–Crippen LogP) is 2.89. The third kappa shape index (κ3) is 4.16. The number of nitrogens with zero attached hydrogens (tertiary/aromatic N) is 2. The Labute approximate surface area is 152 Å². The van der Waals surface area contributed by atoms with Crippen molar-refractivity contribution in [3.8, 4) is 0 Å². The summed E-state index contributed by atoms with van der Waals surface area (Å²) in [7, 11) is 0. The second-order valence-electron chi connectivity index (χ2n) is 6.77. The molecule has 0 bridgehead atoms. The Bertz CT molecular complexity index is 623. The molecule has 1 aromatic carbocycles. The predicted molar refractivity (Wildman–Crippen MR) is 100.0 cm³/mol. The highest BCUT2D eigenvalue weighted by Crippen LogP contribution is 2.25. The first-order valence-corrected chi connectivity index (χ1v) is 9.14. The van der Waals surface area contributed by atoms with Crippen molar-refractivity contribution in [3.63, 3.8) is 0 Å². The van der Waals surface area contributed by atoms with Crippen molar-refractivity contribution < 1.29 is 9.59 Å². The Balaban J connectivity index is 2.03. The Morgan fingerprint density at radius 1 is 1.21 bits per heavy atom. The van der Waals surface area contributed by atoms with Crippen LogP contribution in [0, 0.1) is 12.3 Å². The van der Waals surface area contributed by atoms with Crippen molar-refractivity contribution in [2.45, 2.75) is 27.7 Å². The summed E-state index contributed by atoms with van der Waals surface area (Å²) in [6, 6.07) is 5.63. The zero-order valence-corrected chi connectivity index (χ0v) is 16.4. The van der Waals surface area contributed by atoms with E-state index in [1.54, 1.807) is 18.7 Å². The van der Waals surface area contributed by atoms with Gasteiger partial charge in [0.05, 0.1) is 0 Å². The van der Waals surface area contributed by atoms with Gasteiger partial charge in [-0.15, -0.1) is 0 Å². The second-order valence-corrected chi connectivity index (χ2v) is 7.62. The molecule has 0 aliphatic carbocycles. The third-order valence-electron chi connectivity index (χ3n) is 4.64. The molecule has 24 heavy (non-hydrogen) atoms. The van der Waals surface area contributed by atoms with Crippen LogP contribution < -0.4 is 5.32 Å². The molecule has 2 amide bonds. The third-order valence-corrected chi connectivity index (χ3v) is 5.49. The van der Waals surface area contributed by atoms with Crippen LogP contribution in [0.4, 0.5) is 5.69 Å². The number of hydrogen-bond acceptors (Lipinski definition) is 3. The normalized spacial score (nSPS) is 16.1. The lowest BCUT2D eigenvalue weighted by Crippen LogP contribution is -2.54. The van der Waals surface area contributed by atoms with Gasteiger partial charge in [0.15, 0.2) is 0 Å². The zero-order valence-electron chi connectivity index (χ0n) is 14.9. The van der Waals surface area contributed by atoms with E-state index in [0.717, 1.165) is 29.7 Å². The highest BCUT2D eigenvalue weighted by molar-refractivity contribution is 9.10. The fourth-order valence-electron chi connectivity index (χ4n) is 2.72. The maximum Gasteiger partial charge on any atom is 0.239 e. The molecule has 1 aliphatic heterocycles. The topological polar surface area (TPSA) is 52.7 Å². The van der Waals surface area contributed by atoms with Crippen molar-refractivity contribution in [3.05, 3.63) is 28.2 Å². The van der Waals surface area contributed by atoms with E-state index in [2.05, 4.69) is 33.1 Å². The SMILES string of the molecule is CCN1CCN(C(=O)C(C)(C)C(=O)Nc2ccc(C)c(Br)c2)CC1. The lowest BCUT2D eigenvalue weighted by molar-refractivity contribution is -0.147. The Kier molecular flexibility index (Phi) is 6.04. The van der Waals surface area contributed by atoms with Crippen LogP contribution in [0.15, 0.2) is 22.7 Å². The molecule has 0 radical (unpaired) electrons. The molecular formula is C18H26BrN3O2. The van der Waals surface area contributed by atoms with E-state index >= 15 is 0 Å². The molecule has 2 rings (SSSR count). The first-order chi connectivity index (χ1) is 11.3. The van der Waals surface area contributed by atoms with Gasteiger partial charge in [-0.05, 0) is 45.0 Å². The van der Waals surface area contributed by atoms with Gasteiger partial charge in [-0.25, -0.2) is 0 Å². The smallest absolute Gasteiger partial charge is 0.239 e. The van der Waals surface area contributed by atoms with Crippen LogP contribution >= 0.6 is 15.9 Å².